The van der Waals surface area contributed by atoms with E-state index in [0.29, 0.717) is 18.8 Å². The largest absolute Gasteiger partial charge is 0.381 e. The summed E-state index contributed by atoms with van der Waals surface area (Å²) in [5, 5.41) is 3.90. The van der Waals surface area contributed by atoms with Crippen LogP contribution in [-0.2, 0) is 21.9 Å². The van der Waals surface area contributed by atoms with Crippen molar-refractivity contribution in [3.8, 4) is 0 Å². The summed E-state index contributed by atoms with van der Waals surface area (Å²) in [6.45, 7) is 2.44. The number of hydrogen-bond donors (Lipinski definition) is 1. The van der Waals surface area contributed by atoms with Gasteiger partial charge in [0.15, 0.2) is 5.82 Å². The molecule has 17 heavy (non-hydrogen) atoms. The van der Waals surface area contributed by atoms with Crippen molar-refractivity contribution in [1.29, 1.82) is 0 Å². The van der Waals surface area contributed by atoms with Crippen molar-refractivity contribution in [2.24, 2.45) is 7.05 Å². The van der Waals surface area contributed by atoms with Gasteiger partial charge in [-0.3, -0.25) is 9.52 Å². The fourth-order valence-electron chi connectivity index (χ4n) is 1.80. The van der Waals surface area contributed by atoms with Gasteiger partial charge in [0.2, 0.25) is 0 Å². The van der Waals surface area contributed by atoms with Gasteiger partial charge in [-0.25, -0.2) is 8.42 Å². The Kier molecular flexibility index (Phi) is 3.11. The van der Waals surface area contributed by atoms with Gasteiger partial charge in [0, 0.05) is 13.6 Å². The number of hydrogen-bond acceptors (Lipinski definition) is 5. The summed E-state index contributed by atoms with van der Waals surface area (Å²) < 4.78 is 27.1. The van der Waals surface area contributed by atoms with E-state index in [2.05, 4.69) is 5.10 Å². The van der Waals surface area contributed by atoms with Gasteiger partial charge in [-0.05, 0) is 19.8 Å². The lowest BCUT2D eigenvalue weighted by atomic mass is 10.3. The Labute approximate surface area is 100 Å². The topological polar surface area (TPSA) is 90.4 Å². The first-order valence-electron chi connectivity index (χ1n) is 5.39. The third-order valence-corrected chi connectivity index (χ3v) is 4.65. The first-order valence-corrected chi connectivity index (χ1v) is 6.83. The van der Waals surface area contributed by atoms with Gasteiger partial charge < -0.3 is 5.73 Å². The van der Waals surface area contributed by atoms with Crippen molar-refractivity contribution in [2.75, 3.05) is 18.9 Å². The number of nitrogen functional groups attached to an aromatic ring is 1. The summed E-state index contributed by atoms with van der Waals surface area (Å²) in [5.74, 6) is 0.0131. The van der Waals surface area contributed by atoms with E-state index in [1.54, 1.807) is 14.0 Å². The van der Waals surface area contributed by atoms with Crippen LogP contribution < -0.4 is 5.73 Å². The molecule has 0 radical (unpaired) electrons. The number of sulfonamides is 1. The summed E-state index contributed by atoms with van der Waals surface area (Å²) >= 11 is 0. The molecular formula is C9H16N4O3S. The molecule has 0 atom stereocenters. The highest BCUT2D eigenvalue weighted by Gasteiger charge is 2.33. The molecule has 2 heterocycles. The van der Waals surface area contributed by atoms with E-state index >= 15 is 0 Å². The van der Waals surface area contributed by atoms with Crippen molar-refractivity contribution in [3.05, 3.63) is 5.69 Å². The molecule has 1 aromatic heterocycles. The van der Waals surface area contributed by atoms with Gasteiger partial charge >= 0.3 is 0 Å². The van der Waals surface area contributed by atoms with Crippen LogP contribution in [0.15, 0.2) is 4.90 Å². The summed E-state index contributed by atoms with van der Waals surface area (Å²) in [5.41, 5.74) is 6.15. The van der Waals surface area contributed by atoms with Crippen molar-refractivity contribution in [2.45, 2.75) is 24.7 Å². The normalized spacial score (nSPS) is 18.5. The highest BCUT2D eigenvalue weighted by molar-refractivity contribution is 7.89. The van der Waals surface area contributed by atoms with E-state index in [-0.39, 0.29) is 10.7 Å². The molecule has 0 spiro atoms. The number of nitrogens with zero attached hydrogens (tertiary/aromatic N) is 3. The van der Waals surface area contributed by atoms with Crippen LogP contribution in [0, 0.1) is 6.92 Å². The fraction of sp³-hybridized carbons (Fsp3) is 0.667. The highest BCUT2D eigenvalue weighted by atomic mass is 32.2. The third kappa shape index (κ3) is 2.03. The molecule has 0 aromatic carbocycles. The summed E-state index contributed by atoms with van der Waals surface area (Å²) in [7, 11) is -2.05. The predicted octanol–water partition coefficient (Wildman–Crippen LogP) is 0.0268. The zero-order valence-electron chi connectivity index (χ0n) is 9.88. The molecule has 1 aliphatic heterocycles. The minimum absolute atomic E-state index is 0.0131. The molecule has 0 amide bonds. The monoisotopic (exact) mass is 260 g/mol. The van der Waals surface area contributed by atoms with Crippen LogP contribution in [0.1, 0.15) is 18.5 Å². The van der Waals surface area contributed by atoms with Crippen molar-refractivity contribution < 1.29 is 13.3 Å². The lowest BCUT2D eigenvalue weighted by Gasteiger charge is -2.25. The van der Waals surface area contributed by atoms with E-state index in [1.807, 2.05) is 0 Å². The maximum absolute atomic E-state index is 12.3. The van der Waals surface area contributed by atoms with Crippen LogP contribution in [0.25, 0.3) is 0 Å². The van der Waals surface area contributed by atoms with Crippen LogP contribution in [0.2, 0.25) is 0 Å². The number of hydroxylamine groups is 1. The Morgan fingerprint density at radius 1 is 1.41 bits per heavy atom. The number of rotatable bonds is 2. The lowest BCUT2D eigenvalue weighted by molar-refractivity contribution is -0.108. The van der Waals surface area contributed by atoms with Gasteiger partial charge in [-0.1, -0.05) is 4.47 Å². The summed E-state index contributed by atoms with van der Waals surface area (Å²) in [4.78, 5) is 5.21. The zero-order chi connectivity index (χ0) is 12.6. The van der Waals surface area contributed by atoms with E-state index in [0.717, 1.165) is 17.3 Å². The second kappa shape index (κ2) is 4.28. The average molecular weight is 260 g/mol. The Balaban J connectivity index is 2.43. The fourth-order valence-corrected chi connectivity index (χ4v) is 3.40. The van der Waals surface area contributed by atoms with E-state index in [1.165, 1.54) is 4.68 Å². The second-order valence-corrected chi connectivity index (χ2v) is 5.76. The molecule has 2 rings (SSSR count). The molecule has 1 aromatic rings. The number of aromatic nitrogens is 2. The lowest BCUT2D eigenvalue weighted by Crippen LogP contribution is -2.36. The molecule has 96 valence electrons. The molecule has 0 saturated carbocycles. The first kappa shape index (κ1) is 12.3. The predicted molar refractivity (Wildman–Crippen MR) is 61.4 cm³/mol. The van der Waals surface area contributed by atoms with Crippen molar-refractivity contribution >= 4 is 15.8 Å². The Morgan fingerprint density at radius 3 is 2.59 bits per heavy atom. The molecule has 1 saturated heterocycles. The van der Waals surface area contributed by atoms with Gasteiger partial charge in [-0.2, -0.15) is 5.10 Å². The van der Waals surface area contributed by atoms with Crippen LogP contribution in [0.5, 0.6) is 0 Å². The van der Waals surface area contributed by atoms with Gasteiger partial charge in [0.25, 0.3) is 10.0 Å². The third-order valence-electron chi connectivity index (χ3n) is 2.80. The van der Waals surface area contributed by atoms with E-state index < -0.39 is 10.0 Å². The van der Waals surface area contributed by atoms with Gasteiger partial charge in [0.1, 0.15) is 4.90 Å². The number of nitrogens with two attached hydrogens (primary N) is 1. The van der Waals surface area contributed by atoms with Crippen LogP contribution >= 0.6 is 0 Å². The molecule has 1 aliphatic rings. The van der Waals surface area contributed by atoms with E-state index in [4.69, 9.17) is 10.6 Å². The van der Waals surface area contributed by atoms with Crippen molar-refractivity contribution in [1.82, 2.24) is 14.2 Å². The molecule has 0 bridgehead atoms. The summed E-state index contributed by atoms with van der Waals surface area (Å²) in [6.07, 6.45) is 1.66. The van der Waals surface area contributed by atoms with Crippen molar-refractivity contribution in [3.63, 3.8) is 0 Å². The second-order valence-electron chi connectivity index (χ2n) is 4.00. The number of aryl methyl sites for hydroxylation is 1. The molecule has 0 aliphatic carbocycles. The van der Waals surface area contributed by atoms with Crippen LogP contribution in [0.3, 0.4) is 0 Å². The Bertz CT molecular complexity index is 517. The standard InChI is InChI=1S/C9H16N4O3S/c1-7-8(9(10)11-12(7)2)17(14,15)13-5-3-4-6-16-13/h3-6H2,1-2H3,(H2,10,11). The maximum atomic E-state index is 12.3. The molecule has 0 unspecified atom stereocenters. The molecular weight excluding hydrogens is 244 g/mol. The molecule has 8 heteroatoms. The van der Waals surface area contributed by atoms with Gasteiger partial charge in [-0.15, -0.1) is 0 Å². The smallest absolute Gasteiger partial charge is 0.270 e. The zero-order valence-corrected chi connectivity index (χ0v) is 10.7. The minimum Gasteiger partial charge on any atom is -0.381 e. The van der Waals surface area contributed by atoms with Crippen LogP contribution in [-0.4, -0.2) is 35.8 Å². The van der Waals surface area contributed by atoms with E-state index in [9.17, 15) is 8.42 Å². The quantitative estimate of drug-likeness (QED) is 0.810. The molecule has 7 nitrogen and oxygen atoms in total. The minimum atomic E-state index is -3.70. The highest BCUT2D eigenvalue weighted by Crippen LogP contribution is 2.26. The first-order chi connectivity index (χ1) is 7.94. The Hall–Kier alpha value is -1.12. The molecule has 1 fully saturated rings. The number of anilines is 1. The molecule has 2 N–H and O–H groups in total. The average Bonchev–Trinajstić information content (AvgIpc) is 2.54. The Morgan fingerprint density at radius 2 is 2.12 bits per heavy atom. The van der Waals surface area contributed by atoms with Crippen LogP contribution in [0.4, 0.5) is 5.82 Å². The SMILES string of the molecule is Cc1c(S(=O)(=O)N2CCCCO2)c(N)nn1C. The maximum Gasteiger partial charge on any atom is 0.270 e. The van der Waals surface area contributed by atoms with Gasteiger partial charge in [0.05, 0.1) is 12.3 Å². The summed E-state index contributed by atoms with van der Waals surface area (Å²) in [6, 6.07) is 0.